The standard InChI is InChI=1S/C13H16BrClN2O2/c1-7(2)13(19)17-11(12(16)18)6-8-5-9(15)3-4-10(8)14/h3-5,7,11H,6H2,1-2H3,(H2,16,18)(H,17,19)/t11-/m1/s1. The van der Waals surface area contributed by atoms with Crippen molar-refractivity contribution in [2.45, 2.75) is 26.3 Å². The van der Waals surface area contributed by atoms with Gasteiger partial charge in [-0.05, 0) is 23.8 Å². The number of rotatable bonds is 5. The highest BCUT2D eigenvalue weighted by atomic mass is 79.9. The van der Waals surface area contributed by atoms with Crippen molar-refractivity contribution < 1.29 is 9.59 Å². The third-order valence-electron chi connectivity index (χ3n) is 2.62. The van der Waals surface area contributed by atoms with Crippen LogP contribution in [0.4, 0.5) is 0 Å². The third-order valence-corrected chi connectivity index (χ3v) is 3.62. The number of hydrogen-bond donors (Lipinski definition) is 2. The number of primary amides is 1. The fourth-order valence-electron chi connectivity index (χ4n) is 1.48. The summed E-state index contributed by atoms with van der Waals surface area (Å²) >= 11 is 9.29. The smallest absolute Gasteiger partial charge is 0.240 e. The molecule has 6 heteroatoms. The zero-order chi connectivity index (χ0) is 14.6. The van der Waals surface area contributed by atoms with Crippen LogP contribution in [0.2, 0.25) is 5.02 Å². The molecule has 3 N–H and O–H groups in total. The van der Waals surface area contributed by atoms with Crippen molar-refractivity contribution in [3.63, 3.8) is 0 Å². The molecule has 1 aromatic rings. The molecule has 0 spiro atoms. The highest BCUT2D eigenvalue weighted by Crippen LogP contribution is 2.22. The Balaban J connectivity index is 2.87. The summed E-state index contributed by atoms with van der Waals surface area (Å²) in [5, 5.41) is 3.20. The highest BCUT2D eigenvalue weighted by molar-refractivity contribution is 9.10. The summed E-state index contributed by atoms with van der Waals surface area (Å²) < 4.78 is 0.821. The van der Waals surface area contributed by atoms with Crippen molar-refractivity contribution in [2.75, 3.05) is 0 Å². The molecule has 0 bridgehead atoms. The van der Waals surface area contributed by atoms with Crippen LogP contribution in [0.3, 0.4) is 0 Å². The van der Waals surface area contributed by atoms with Gasteiger partial charge in [0, 0.05) is 21.8 Å². The molecule has 19 heavy (non-hydrogen) atoms. The van der Waals surface area contributed by atoms with Crippen molar-refractivity contribution in [3.05, 3.63) is 33.3 Å². The average Bonchev–Trinajstić information content (AvgIpc) is 2.32. The van der Waals surface area contributed by atoms with Gasteiger partial charge in [-0.1, -0.05) is 41.4 Å². The van der Waals surface area contributed by atoms with Crippen LogP contribution in [0.5, 0.6) is 0 Å². The summed E-state index contributed by atoms with van der Waals surface area (Å²) in [7, 11) is 0. The van der Waals surface area contributed by atoms with E-state index in [2.05, 4.69) is 21.2 Å². The fraction of sp³-hybridized carbons (Fsp3) is 0.385. The lowest BCUT2D eigenvalue weighted by Gasteiger charge is -2.18. The number of hydrogen-bond acceptors (Lipinski definition) is 2. The highest BCUT2D eigenvalue weighted by Gasteiger charge is 2.21. The van der Waals surface area contributed by atoms with E-state index in [4.69, 9.17) is 17.3 Å². The van der Waals surface area contributed by atoms with Crippen molar-refractivity contribution >= 4 is 39.3 Å². The minimum atomic E-state index is -0.746. The molecule has 1 aromatic carbocycles. The van der Waals surface area contributed by atoms with Gasteiger partial charge in [0.1, 0.15) is 6.04 Å². The molecule has 0 unspecified atom stereocenters. The minimum absolute atomic E-state index is 0.204. The molecule has 0 aliphatic heterocycles. The topological polar surface area (TPSA) is 72.2 Å². The van der Waals surface area contributed by atoms with Gasteiger partial charge in [0.15, 0.2) is 0 Å². The van der Waals surface area contributed by atoms with Crippen LogP contribution >= 0.6 is 27.5 Å². The summed E-state index contributed by atoms with van der Waals surface area (Å²) in [4.78, 5) is 23.1. The van der Waals surface area contributed by atoms with E-state index in [-0.39, 0.29) is 11.8 Å². The summed E-state index contributed by atoms with van der Waals surface area (Å²) in [6.45, 7) is 3.51. The maximum atomic E-state index is 11.6. The molecule has 0 fully saturated rings. The number of halogens is 2. The summed E-state index contributed by atoms with van der Waals surface area (Å²) in [5.41, 5.74) is 6.14. The van der Waals surface area contributed by atoms with Gasteiger partial charge in [-0.2, -0.15) is 0 Å². The first kappa shape index (κ1) is 16.0. The molecule has 2 amide bonds. The molecular weight excluding hydrogens is 332 g/mol. The Bertz CT molecular complexity index is 492. The zero-order valence-electron chi connectivity index (χ0n) is 10.7. The molecule has 0 radical (unpaired) electrons. The minimum Gasteiger partial charge on any atom is -0.368 e. The number of benzene rings is 1. The lowest BCUT2D eigenvalue weighted by Crippen LogP contribution is -2.47. The predicted octanol–water partition coefficient (Wildman–Crippen LogP) is 2.27. The molecule has 0 saturated carbocycles. The van der Waals surface area contributed by atoms with E-state index in [0.29, 0.717) is 11.4 Å². The first-order valence-corrected chi connectivity index (χ1v) is 7.02. The first-order chi connectivity index (χ1) is 8.81. The second kappa shape index (κ2) is 6.91. The van der Waals surface area contributed by atoms with E-state index in [1.54, 1.807) is 32.0 Å². The van der Waals surface area contributed by atoms with Gasteiger partial charge >= 0.3 is 0 Å². The van der Waals surface area contributed by atoms with Crippen LogP contribution in [0.1, 0.15) is 19.4 Å². The Labute approximate surface area is 125 Å². The molecule has 104 valence electrons. The van der Waals surface area contributed by atoms with Crippen LogP contribution in [-0.4, -0.2) is 17.9 Å². The number of amides is 2. The van der Waals surface area contributed by atoms with Crippen molar-refractivity contribution in [3.8, 4) is 0 Å². The Morgan fingerprint density at radius 2 is 2.05 bits per heavy atom. The molecule has 4 nitrogen and oxygen atoms in total. The second-order valence-corrected chi connectivity index (χ2v) is 5.85. The number of nitrogens with two attached hydrogens (primary N) is 1. The van der Waals surface area contributed by atoms with Gasteiger partial charge in [0.05, 0.1) is 0 Å². The molecule has 0 aliphatic carbocycles. The van der Waals surface area contributed by atoms with E-state index in [1.165, 1.54) is 0 Å². The molecular formula is C13H16BrClN2O2. The van der Waals surface area contributed by atoms with Crippen LogP contribution in [0, 0.1) is 5.92 Å². The van der Waals surface area contributed by atoms with Crippen LogP contribution in [0.25, 0.3) is 0 Å². The predicted molar refractivity (Wildman–Crippen MR) is 78.8 cm³/mol. The Morgan fingerprint density at radius 3 is 2.58 bits per heavy atom. The molecule has 0 aromatic heterocycles. The van der Waals surface area contributed by atoms with E-state index in [1.807, 2.05) is 0 Å². The quantitative estimate of drug-likeness (QED) is 0.857. The second-order valence-electron chi connectivity index (χ2n) is 4.56. The summed E-state index contributed by atoms with van der Waals surface area (Å²) in [5.74, 6) is -0.979. The first-order valence-electron chi connectivity index (χ1n) is 5.85. The van der Waals surface area contributed by atoms with Crippen molar-refractivity contribution in [1.82, 2.24) is 5.32 Å². The van der Waals surface area contributed by atoms with Gasteiger partial charge in [0.25, 0.3) is 0 Å². The SMILES string of the molecule is CC(C)C(=O)N[C@H](Cc1cc(Cl)ccc1Br)C(N)=O. The normalized spacial score (nSPS) is 12.3. The van der Waals surface area contributed by atoms with Gasteiger partial charge < -0.3 is 11.1 Å². The maximum Gasteiger partial charge on any atom is 0.240 e. The lowest BCUT2D eigenvalue weighted by atomic mass is 10.0. The number of carbonyl (C=O) groups excluding carboxylic acids is 2. The third kappa shape index (κ3) is 4.84. The van der Waals surface area contributed by atoms with E-state index < -0.39 is 11.9 Å². The van der Waals surface area contributed by atoms with Gasteiger partial charge in [-0.3, -0.25) is 9.59 Å². The van der Waals surface area contributed by atoms with Gasteiger partial charge in [-0.25, -0.2) is 0 Å². The molecule has 1 rings (SSSR count). The molecule has 1 atom stereocenters. The van der Waals surface area contributed by atoms with Crippen LogP contribution in [-0.2, 0) is 16.0 Å². The molecule has 0 saturated heterocycles. The van der Waals surface area contributed by atoms with E-state index in [9.17, 15) is 9.59 Å². The molecule has 0 heterocycles. The van der Waals surface area contributed by atoms with Crippen molar-refractivity contribution in [1.29, 1.82) is 0 Å². The van der Waals surface area contributed by atoms with E-state index in [0.717, 1.165) is 10.0 Å². The monoisotopic (exact) mass is 346 g/mol. The zero-order valence-corrected chi connectivity index (χ0v) is 13.1. The number of nitrogens with one attached hydrogen (secondary N) is 1. The van der Waals surface area contributed by atoms with Gasteiger partial charge in [-0.15, -0.1) is 0 Å². The summed E-state index contributed by atoms with van der Waals surface area (Å²) in [6.07, 6.45) is 0.301. The van der Waals surface area contributed by atoms with Crippen molar-refractivity contribution in [2.24, 2.45) is 11.7 Å². The fourth-order valence-corrected chi connectivity index (χ4v) is 2.08. The van der Waals surface area contributed by atoms with Crippen LogP contribution in [0.15, 0.2) is 22.7 Å². The Hall–Kier alpha value is -1.07. The van der Waals surface area contributed by atoms with Gasteiger partial charge in [0.2, 0.25) is 11.8 Å². The van der Waals surface area contributed by atoms with Crippen LogP contribution < -0.4 is 11.1 Å². The molecule has 0 aliphatic rings. The van der Waals surface area contributed by atoms with E-state index >= 15 is 0 Å². The average molecular weight is 348 g/mol. The maximum absolute atomic E-state index is 11.6. The Morgan fingerprint density at radius 1 is 1.42 bits per heavy atom. The summed E-state index contributed by atoms with van der Waals surface area (Å²) in [6, 6.07) is 4.52. The Kier molecular flexibility index (Phi) is 5.82. The largest absolute Gasteiger partial charge is 0.368 e. The number of carbonyl (C=O) groups is 2. The lowest BCUT2D eigenvalue weighted by molar-refractivity contribution is -0.129.